The van der Waals surface area contributed by atoms with Gasteiger partial charge in [0.1, 0.15) is 11.5 Å². The van der Waals surface area contributed by atoms with Gasteiger partial charge in [0.2, 0.25) is 0 Å². The zero-order valence-electron chi connectivity index (χ0n) is 12.2. The molecule has 0 unspecified atom stereocenters. The van der Waals surface area contributed by atoms with Crippen LogP contribution in [0, 0.1) is 0 Å². The fourth-order valence-electron chi connectivity index (χ4n) is 2.75. The highest BCUT2D eigenvalue weighted by Gasteiger charge is 2.08. The summed E-state index contributed by atoms with van der Waals surface area (Å²) in [5.74, 6) is 0.502. The van der Waals surface area contributed by atoms with Gasteiger partial charge in [0.15, 0.2) is 0 Å². The van der Waals surface area contributed by atoms with Gasteiger partial charge >= 0.3 is 0 Å². The van der Waals surface area contributed by atoms with Crippen molar-refractivity contribution < 1.29 is 10.2 Å². The first-order valence-electron chi connectivity index (χ1n) is 7.66. The van der Waals surface area contributed by atoms with E-state index >= 15 is 0 Å². The van der Waals surface area contributed by atoms with E-state index in [0.717, 1.165) is 29.2 Å². The van der Waals surface area contributed by atoms with Crippen LogP contribution in [-0.2, 0) is 6.42 Å². The Morgan fingerprint density at radius 2 is 1.50 bits per heavy atom. The van der Waals surface area contributed by atoms with Crippen LogP contribution >= 0.6 is 0 Å². The Morgan fingerprint density at radius 1 is 0.800 bits per heavy atom. The molecule has 0 fully saturated rings. The Kier molecular flexibility index (Phi) is 5.28. The summed E-state index contributed by atoms with van der Waals surface area (Å²) in [5, 5.41) is 21.5. The van der Waals surface area contributed by atoms with Gasteiger partial charge in [-0.3, -0.25) is 0 Å². The van der Waals surface area contributed by atoms with Crippen LogP contribution in [0.1, 0.15) is 51.0 Å². The molecule has 2 aromatic carbocycles. The lowest BCUT2D eigenvalue weighted by atomic mass is 9.98. The molecule has 0 aliphatic carbocycles. The van der Waals surface area contributed by atoms with Crippen LogP contribution in [0.15, 0.2) is 30.3 Å². The van der Waals surface area contributed by atoms with Gasteiger partial charge in [0.25, 0.3) is 0 Å². The highest BCUT2D eigenvalue weighted by Crippen LogP contribution is 2.34. The van der Waals surface area contributed by atoms with Crippen LogP contribution in [0.4, 0.5) is 0 Å². The monoisotopic (exact) mass is 272 g/mol. The van der Waals surface area contributed by atoms with E-state index in [9.17, 15) is 10.2 Å². The third kappa shape index (κ3) is 3.44. The highest BCUT2D eigenvalue weighted by atomic mass is 16.3. The summed E-state index contributed by atoms with van der Waals surface area (Å²) in [6.45, 7) is 2.23. The molecular weight excluding hydrogens is 248 g/mol. The summed E-state index contributed by atoms with van der Waals surface area (Å²) in [6.07, 6.45) is 8.53. The van der Waals surface area contributed by atoms with Crippen LogP contribution in [0.3, 0.4) is 0 Å². The summed E-state index contributed by atoms with van der Waals surface area (Å²) < 4.78 is 0. The Morgan fingerprint density at radius 3 is 2.30 bits per heavy atom. The predicted molar refractivity (Wildman–Crippen MR) is 84.4 cm³/mol. The number of phenolic OH excluding ortho intramolecular Hbond substituents is 2. The summed E-state index contributed by atoms with van der Waals surface area (Å²) in [5.41, 5.74) is 1.13. The molecule has 0 saturated carbocycles. The predicted octanol–water partition coefficient (Wildman–Crippen LogP) is 5.15. The van der Waals surface area contributed by atoms with Gasteiger partial charge in [-0.2, -0.15) is 0 Å². The molecule has 2 heteroatoms. The number of fused-ring (bicyclic) bond motifs is 1. The van der Waals surface area contributed by atoms with Crippen molar-refractivity contribution in [2.45, 2.75) is 51.9 Å². The fourth-order valence-corrected chi connectivity index (χ4v) is 2.75. The van der Waals surface area contributed by atoms with E-state index in [4.69, 9.17) is 0 Å². The molecule has 108 valence electrons. The van der Waals surface area contributed by atoms with E-state index in [1.165, 1.54) is 32.1 Å². The van der Waals surface area contributed by atoms with Gasteiger partial charge in [-0.15, -0.1) is 0 Å². The summed E-state index contributed by atoms with van der Waals surface area (Å²) in [4.78, 5) is 0. The lowest BCUT2D eigenvalue weighted by Gasteiger charge is -2.09. The van der Waals surface area contributed by atoms with E-state index in [1.54, 1.807) is 12.1 Å². The molecule has 0 heterocycles. The largest absolute Gasteiger partial charge is 0.507 e. The average molecular weight is 272 g/mol. The Bertz CT molecular complexity index is 561. The van der Waals surface area contributed by atoms with E-state index in [0.29, 0.717) is 0 Å². The molecule has 0 atom stereocenters. The second-order valence-electron chi connectivity index (χ2n) is 5.46. The number of hydrogen-bond donors (Lipinski definition) is 2. The molecule has 0 bridgehead atoms. The van der Waals surface area contributed by atoms with E-state index in [-0.39, 0.29) is 11.5 Å². The Labute approximate surface area is 121 Å². The minimum Gasteiger partial charge on any atom is -0.507 e. The van der Waals surface area contributed by atoms with Gasteiger partial charge in [-0.25, -0.2) is 0 Å². The SMILES string of the molecule is CCCCCCCCc1cccc2c(O)ccc(O)c12. The maximum atomic E-state index is 10.0. The molecule has 0 aromatic heterocycles. The topological polar surface area (TPSA) is 40.5 Å². The molecule has 2 N–H and O–H groups in total. The molecule has 0 spiro atoms. The van der Waals surface area contributed by atoms with Crippen molar-refractivity contribution in [3.05, 3.63) is 35.9 Å². The van der Waals surface area contributed by atoms with Gasteiger partial charge in [-0.05, 0) is 30.5 Å². The van der Waals surface area contributed by atoms with E-state index in [2.05, 4.69) is 6.92 Å². The zero-order valence-corrected chi connectivity index (χ0v) is 12.2. The number of aryl methyl sites for hydroxylation is 1. The molecule has 0 amide bonds. The second kappa shape index (κ2) is 7.18. The van der Waals surface area contributed by atoms with Gasteiger partial charge < -0.3 is 10.2 Å². The van der Waals surface area contributed by atoms with E-state index in [1.807, 2.05) is 18.2 Å². The molecule has 20 heavy (non-hydrogen) atoms. The lowest BCUT2D eigenvalue weighted by Crippen LogP contribution is -1.89. The van der Waals surface area contributed by atoms with Crippen molar-refractivity contribution in [1.82, 2.24) is 0 Å². The van der Waals surface area contributed by atoms with Crippen LogP contribution < -0.4 is 0 Å². The second-order valence-corrected chi connectivity index (χ2v) is 5.46. The minimum absolute atomic E-state index is 0.239. The lowest BCUT2D eigenvalue weighted by molar-refractivity contribution is 0.469. The number of aromatic hydroxyl groups is 2. The van der Waals surface area contributed by atoms with Crippen molar-refractivity contribution in [3.63, 3.8) is 0 Å². The number of unbranched alkanes of at least 4 members (excludes halogenated alkanes) is 5. The number of hydrogen-bond acceptors (Lipinski definition) is 2. The molecule has 2 aromatic rings. The van der Waals surface area contributed by atoms with Crippen molar-refractivity contribution in [3.8, 4) is 11.5 Å². The molecule has 2 nitrogen and oxygen atoms in total. The molecule has 2 rings (SSSR count). The zero-order chi connectivity index (χ0) is 14.4. The van der Waals surface area contributed by atoms with Crippen LogP contribution in [0.5, 0.6) is 11.5 Å². The number of rotatable bonds is 7. The smallest absolute Gasteiger partial charge is 0.123 e. The fraction of sp³-hybridized carbons (Fsp3) is 0.444. The van der Waals surface area contributed by atoms with Crippen LogP contribution in [0.25, 0.3) is 10.8 Å². The third-order valence-electron chi connectivity index (χ3n) is 3.88. The average Bonchev–Trinajstić information content (AvgIpc) is 2.46. The number of benzene rings is 2. The summed E-state index contributed by atoms with van der Waals surface area (Å²) in [7, 11) is 0. The van der Waals surface area contributed by atoms with Crippen molar-refractivity contribution in [1.29, 1.82) is 0 Å². The van der Waals surface area contributed by atoms with Gasteiger partial charge in [-0.1, -0.05) is 57.2 Å². The maximum absolute atomic E-state index is 10.0. The third-order valence-corrected chi connectivity index (χ3v) is 3.88. The molecule has 0 aliphatic rings. The molecule has 0 aliphatic heterocycles. The van der Waals surface area contributed by atoms with Crippen LogP contribution in [0.2, 0.25) is 0 Å². The first kappa shape index (κ1) is 14.7. The van der Waals surface area contributed by atoms with E-state index < -0.39 is 0 Å². The first-order valence-corrected chi connectivity index (χ1v) is 7.66. The van der Waals surface area contributed by atoms with Gasteiger partial charge in [0, 0.05) is 10.8 Å². The van der Waals surface area contributed by atoms with Crippen molar-refractivity contribution in [2.75, 3.05) is 0 Å². The van der Waals surface area contributed by atoms with Crippen molar-refractivity contribution in [2.24, 2.45) is 0 Å². The maximum Gasteiger partial charge on any atom is 0.123 e. The molecule has 0 radical (unpaired) electrons. The minimum atomic E-state index is 0.239. The first-order chi connectivity index (χ1) is 9.74. The molecular formula is C18H24O2. The van der Waals surface area contributed by atoms with Crippen molar-refractivity contribution >= 4 is 10.8 Å². The molecule has 0 saturated heterocycles. The Balaban J connectivity index is 2.05. The highest BCUT2D eigenvalue weighted by molar-refractivity contribution is 5.95. The van der Waals surface area contributed by atoms with Crippen LogP contribution in [-0.4, -0.2) is 10.2 Å². The normalized spacial score (nSPS) is 11.1. The summed E-state index contributed by atoms with van der Waals surface area (Å²) >= 11 is 0. The summed E-state index contributed by atoms with van der Waals surface area (Å²) in [6, 6.07) is 8.98. The standard InChI is InChI=1S/C18H24O2/c1-2-3-4-5-6-7-9-14-10-8-11-15-16(19)12-13-17(20)18(14)15/h8,10-13,19-20H,2-7,9H2,1H3. The number of phenols is 2. The quantitative estimate of drug-likeness (QED) is 0.540. The Hall–Kier alpha value is -1.70. The van der Waals surface area contributed by atoms with Gasteiger partial charge in [0.05, 0.1) is 0 Å².